The molecule has 1 saturated heterocycles. The molecule has 0 bridgehead atoms. The van der Waals surface area contributed by atoms with E-state index in [0.717, 1.165) is 24.3 Å². The van der Waals surface area contributed by atoms with Crippen LogP contribution in [0.1, 0.15) is 46.6 Å². The lowest BCUT2D eigenvalue weighted by molar-refractivity contribution is -0.143. The van der Waals surface area contributed by atoms with Crippen LogP contribution in [0.5, 0.6) is 0 Å². The van der Waals surface area contributed by atoms with E-state index >= 15 is 0 Å². The van der Waals surface area contributed by atoms with Gasteiger partial charge >= 0.3 is 5.97 Å². The van der Waals surface area contributed by atoms with E-state index in [0.29, 0.717) is 23.5 Å². The second-order valence-electron chi connectivity index (χ2n) is 4.72. The Hall–Kier alpha value is -1.43. The number of rotatable bonds is 3. The van der Waals surface area contributed by atoms with Crippen molar-refractivity contribution in [2.75, 3.05) is 6.54 Å². The van der Waals surface area contributed by atoms with Crippen LogP contribution in [0.3, 0.4) is 0 Å². The molecular weight excluding hydrogens is 264 g/mol. The molecule has 1 amide bonds. The number of aliphatic carboxylic acids is 1. The standard InChI is InChI=1S/C13H18N2O3S/c1-3-10-14-8(2)11(19-10)12(16)15-7-5-4-6-9(15)13(17)18/h9H,3-7H2,1-2H3,(H,17,18)/t9-/m1/s1. The van der Waals surface area contributed by atoms with Crippen LogP contribution < -0.4 is 0 Å². The van der Waals surface area contributed by atoms with Gasteiger partial charge in [0.05, 0.1) is 10.7 Å². The van der Waals surface area contributed by atoms with Crippen LogP contribution in [0.25, 0.3) is 0 Å². The minimum Gasteiger partial charge on any atom is -0.480 e. The van der Waals surface area contributed by atoms with Crippen LogP contribution in [-0.2, 0) is 11.2 Å². The molecule has 104 valence electrons. The van der Waals surface area contributed by atoms with Crippen LogP contribution in [-0.4, -0.2) is 39.5 Å². The maximum Gasteiger partial charge on any atom is 0.326 e. The van der Waals surface area contributed by atoms with Gasteiger partial charge in [0.25, 0.3) is 5.91 Å². The van der Waals surface area contributed by atoms with Gasteiger partial charge in [-0.2, -0.15) is 0 Å². The van der Waals surface area contributed by atoms with Crippen LogP contribution in [0, 0.1) is 6.92 Å². The number of aromatic nitrogens is 1. The number of carboxylic acids is 1. The number of piperidine rings is 1. The molecule has 1 aliphatic rings. The van der Waals surface area contributed by atoms with Crippen molar-refractivity contribution >= 4 is 23.2 Å². The molecule has 2 heterocycles. The molecule has 0 spiro atoms. The Labute approximate surface area is 116 Å². The number of thiazole rings is 1. The molecule has 1 aromatic heterocycles. The predicted octanol–water partition coefficient (Wildman–Crippen LogP) is 2.09. The molecule has 5 nitrogen and oxygen atoms in total. The smallest absolute Gasteiger partial charge is 0.326 e. The number of amides is 1. The zero-order chi connectivity index (χ0) is 14.0. The van der Waals surface area contributed by atoms with Crippen molar-refractivity contribution in [3.05, 3.63) is 15.6 Å². The highest BCUT2D eigenvalue weighted by Gasteiger charge is 2.33. The Kier molecular flexibility index (Phi) is 4.19. The Morgan fingerprint density at radius 3 is 2.79 bits per heavy atom. The summed E-state index contributed by atoms with van der Waals surface area (Å²) < 4.78 is 0. The Morgan fingerprint density at radius 2 is 2.21 bits per heavy atom. The maximum atomic E-state index is 12.5. The molecule has 1 aliphatic heterocycles. The number of nitrogens with zero attached hydrogens (tertiary/aromatic N) is 2. The monoisotopic (exact) mass is 282 g/mol. The Morgan fingerprint density at radius 1 is 1.47 bits per heavy atom. The molecule has 1 N–H and O–H groups in total. The first kappa shape index (κ1) is 14.0. The van der Waals surface area contributed by atoms with Gasteiger partial charge in [0, 0.05) is 6.54 Å². The summed E-state index contributed by atoms with van der Waals surface area (Å²) in [6, 6.07) is -0.687. The molecule has 0 saturated carbocycles. The summed E-state index contributed by atoms with van der Waals surface area (Å²) in [7, 11) is 0. The summed E-state index contributed by atoms with van der Waals surface area (Å²) in [5.74, 6) is -1.09. The summed E-state index contributed by atoms with van der Waals surface area (Å²) in [6.07, 6.45) is 3.07. The number of carbonyl (C=O) groups excluding carboxylic acids is 1. The lowest BCUT2D eigenvalue weighted by atomic mass is 10.0. The number of hydrogen-bond donors (Lipinski definition) is 1. The topological polar surface area (TPSA) is 70.5 Å². The number of hydrogen-bond acceptors (Lipinski definition) is 4. The fraction of sp³-hybridized carbons (Fsp3) is 0.615. The first-order chi connectivity index (χ1) is 9.04. The molecule has 1 fully saturated rings. The molecule has 0 aliphatic carbocycles. The van der Waals surface area contributed by atoms with Crippen molar-refractivity contribution in [2.24, 2.45) is 0 Å². The number of likely N-dealkylation sites (tertiary alicyclic amines) is 1. The number of carboxylic acid groups (broad SMARTS) is 1. The molecule has 6 heteroatoms. The largest absolute Gasteiger partial charge is 0.480 e. The van der Waals surface area contributed by atoms with Crippen LogP contribution in [0.4, 0.5) is 0 Å². The molecule has 0 radical (unpaired) electrons. The molecular formula is C13H18N2O3S. The van der Waals surface area contributed by atoms with Crippen molar-refractivity contribution < 1.29 is 14.7 Å². The van der Waals surface area contributed by atoms with Crippen molar-refractivity contribution in [3.8, 4) is 0 Å². The third-order valence-electron chi connectivity index (χ3n) is 3.39. The zero-order valence-electron chi connectivity index (χ0n) is 11.2. The quantitative estimate of drug-likeness (QED) is 0.921. The summed E-state index contributed by atoms with van der Waals surface area (Å²) in [4.78, 5) is 30.2. The zero-order valence-corrected chi connectivity index (χ0v) is 12.0. The van der Waals surface area contributed by atoms with Crippen LogP contribution in [0.2, 0.25) is 0 Å². The highest BCUT2D eigenvalue weighted by molar-refractivity contribution is 7.13. The highest BCUT2D eigenvalue weighted by Crippen LogP contribution is 2.25. The Bertz CT molecular complexity index is 498. The first-order valence-corrected chi connectivity index (χ1v) is 7.36. The molecule has 19 heavy (non-hydrogen) atoms. The summed E-state index contributed by atoms with van der Waals surface area (Å²) in [5, 5.41) is 10.1. The van der Waals surface area contributed by atoms with E-state index in [4.69, 9.17) is 0 Å². The minimum atomic E-state index is -0.911. The number of carbonyl (C=O) groups is 2. The van der Waals surface area contributed by atoms with Gasteiger partial charge in [0.2, 0.25) is 0 Å². The highest BCUT2D eigenvalue weighted by atomic mass is 32.1. The lowest BCUT2D eigenvalue weighted by Gasteiger charge is -2.32. The van der Waals surface area contributed by atoms with Crippen LogP contribution >= 0.6 is 11.3 Å². The molecule has 1 atom stereocenters. The van der Waals surface area contributed by atoms with Crippen LogP contribution in [0.15, 0.2) is 0 Å². The first-order valence-electron chi connectivity index (χ1n) is 6.54. The van der Waals surface area contributed by atoms with Crippen molar-refractivity contribution in [2.45, 2.75) is 45.6 Å². The normalized spacial score (nSPS) is 19.5. The van der Waals surface area contributed by atoms with Gasteiger partial charge in [-0.25, -0.2) is 9.78 Å². The summed E-state index contributed by atoms with van der Waals surface area (Å²) in [5.41, 5.74) is 0.710. The average Bonchev–Trinajstić information content (AvgIpc) is 2.79. The molecule has 1 aromatic rings. The van der Waals surface area contributed by atoms with Gasteiger partial charge in [0.15, 0.2) is 0 Å². The van der Waals surface area contributed by atoms with Gasteiger partial charge in [-0.3, -0.25) is 4.79 Å². The van der Waals surface area contributed by atoms with Gasteiger partial charge < -0.3 is 10.0 Å². The van der Waals surface area contributed by atoms with Crippen molar-refractivity contribution in [3.63, 3.8) is 0 Å². The van der Waals surface area contributed by atoms with E-state index in [1.165, 1.54) is 16.2 Å². The average molecular weight is 282 g/mol. The van der Waals surface area contributed by atoms with Crippen molar-refractivity contribution in [1.29, 1.82) is 0 Å². The summed E-state index contributed by atoms with van der Waals surface area (Å²) in [6.45, 7) is 4.32. The predicted molar refractivity (Wildman–Crippen MR) is 72.5 cm³/mol. The van der Waals surface area contributed by atoms with Gasteiger partial charge in [-0.15, -0.1) is 11.3 Å². The van der Waals surface area contributed by atoms with E-state index in [-0.39, 0.29) is 5.91 Å². The van der Waals surface area contributed by atoms with E-state index in [2.05, 4.69) is 4.98 Å². The fourth-order valence-corrected chi connectivity index (χ4v) is 3.32. The third kappa shape index (κ3) is 2.78. The summed E-state index contributed by atoms with van der Waals surface area (Å²) >= 11 is 1.38. The maximum absolute atomic E-state index is 12.5. The van der Waals surface area contributed by atoms with Gasteiger partial charge in [-0.05, 0) is 32.6 Å². The van der Waals surface area contributed by atoms with Gasteiger partial charge in [0.1, 0.15) is 10.9 Å². The number of aryl methyl sites for hydroxylation is 2. The third-order valence-corrected chi connectivity index (χ3v) is 4.68. The minimum absolute atomic E-state index is 0.179. The van der Waals surface area contributed by atoms with E-state index in [1.807, 2.05) is 13.8 Å². The second kappa shape index (κ2) is 5.69. The van der Waals surface area contributed by atoms with E-state index in [9.17, 15) is 14.7 Å². The lowest BCUT2D eigenvalue weighted by Crippen LogP contribution is -2.47. The SMILES string of the molecule is CCc1nc(C)c(C(=O)N2CCCC[C@@H]2C(=O)O)s1. The molecule has 0 aromatic carbocycles. The van der Waals surface area contributed by atoms with E-state index in [1.54, 1.807) is 0 Å². The second-order valence-corrected chi connectivity index (χ2v) is 5.81. The van der Waals surface area contributed by atoms with E-state index < -0.39 is 12.0 Å². The van der Waals surface area contributed by atoms with Crippen molar-refractivity contribution in [1.82, 2.24) is 9.88 Å². The fourth-order valence-electron chi connectivity index (χ4n) is 2.36. The molecule has 0 unspecified atom stereocenters. The molecule has 2 rings (SSSR count). The van der Waals surface area contributed by atoms with Gasteiger partial charge in [-0.1, -0.05) is 6.92 Å². The Balaban J connectivity index is 2.25.